The molecule has 1 aliphatic rings. The Morgan fingerprint density at radius 2 is 1.69 bits per heavy atom. The third kappa shape index (κ3) is 4.12. The summed E-state index contributed by atoms with van der Waals surface area (Å²) < 4.78 is 16.2. The van der Waals surface area contributed by atoms with Gasteiger partial charge in [0.15, 0.2) is 17.6 Å². The van der Waals surface area contributed by atoms with Gasteiger partial charge in [0.1, 0.15) is 11.9 Å². The van der Waals surface area contributed by atoms with Gasteiger partial charge in [-0.25, -0.2) is 4.79 Å². The summed E-state index contributed by atoms with van der Waals surface area (Å²) in [6, 6.07) is 14.1. The number of aliphatic carboxylic acids is 1. The minimum Gasteiger partial charge on any atom is -0.493 e. The number of carboxylic acid groups (broad SMARTS) is 1. The van der Waals surface area contributed by atoms with E-state index in [0.29, 0.717) is 35.8 Å². The van der Waals surface area contributed by atoms with Crippen molar-refractivity contribution in [1.82, 2.24) is 0 Å². The summed E-state index contributed by atoms with van der Waals surface area (Å²) in [5.74, 6) is 0.406. The Morgan fingerprint density at radius 1 is 1.04 bits per heavy atom. The predicted molar refractivity (Wildman–Crippen MR) is 93.7 cm³/mol. The molecule has 2 aromatic rings. The van der Waals surface area contributed by atoms with Crippen LogP contribution >= 0.6 is 0 Å². The molecule has 26 heavy (non-hydrogen) atoms. The number of para-hydroxylation sites is 2. The summed E-state index contributed by atoms with van der Waals surface area (Å²) in [6.45, 7) is 0. The highest BCUT2D eigenvalue weighted by atomic mass is 16.5. The van der Waals surface area contributed by atoms with Crippen LogP contribution in [0.2, 0.25) is 0 Å². The summed E-state index contributed by atoms with van der Waals surface area (Å²) in [7, 11) is 1.57. The summed E-state index contributed by atoms with van der Waals surface area (Å²) in [6.07, 6.45) is -0.945. The fraction of sp³-hybridized carbons (Fsp3) is 0.263. The maximum Gasteiger partial charge on any atom is 0.332 e. The van der Waals surface area contributed by atoms with Crippen LogP contribution in [0.25, 0.3) is 0 Å². The minimum atomic E-state index is -1.04. The van der Waals surface area contributed by atoms with Gasteiger partial charge < -0.3 is 24.6 Å². The van der Waals surface area contributed by atoms with E-state index in [0.717, 1.165) is 0 Å². The normalized spacial score (nSPS) is 19.0. The number of anilines is 1. The lowest BCUT2D eigenvalue weighted by Crippen LogP contribution is -2.29. The van der Waals surface area contributed by atoms with Crippen LogP contribution in [0.3, 0.4) is 0 Å². The minimum absolute atomic E-state index is 0.332. The molecule has 0 bridgehead atoms. The van der Waals surface area contributed by atoms with Crippen LogP contribution in [0, 0.1) is 0 Å². The number of hydrogen-bond acceptors (Lipinski definition) is 5. The van der Waals surface area contributed by atoms with Gasteiger partial charge in [0.05, 0.1) is 7.11 Å². The van der Waals surface area contributed by atoms with Crippen LogP contribution in [-0.4, -0.2) is 36.3 Å². The lowest BCUT2D eigenvalue weighted by Gasteiger charge is -2.13. The number of carbonyl (C=O) groups is 2. The fourth-order valence-corrected chi connectivity index (χ4v) is 2.67. The smallest absolute Gasteiger partial charge is 0.332 e. The molecule has 0 saturated carbocycles. The first-order valence-corrected chi connectivity index (χ1v) is 8.17. The fourth-order valence-electron chi connectivity index (χ4n) is 2.67. The van der Waals surface area contributed by atoms with Crippen molar-refractivity contribution < 1.29 is 28.9 Å². The maximum absolute atomic E-state index is 12.2. The number of ether oxygens (including phenoxy) is 3. The molecule has 136 valence electrons. The molecule has 1 fully saturated rings. The van der Waals surface area contributed by atoms with Crippen LogP contribution in [0.4, 0.5) is 5.69 Å². The molecule has 7 heteroatoms. The summed E-state index contributed by atoms with van der Waals surface area (Å²) in [5, 5.41) is 11.6. The number of methoxy groups -OCH3 is 1. The standard InChI is InChI=1S/C19H19NO6/c1-24-14-4-2-3-5-15(14)25-13-8-6-12(7-9-13)20-18(21)16-10-11-17(26-16)19(22)23/h2-9,16-17H,10-11H2,1H3,(H,20,21)(H,22,23)/t16-,17+/m0/s1. The van der Waals surface area contributed by atoms with Gasteiger partial charge in [-0.05, 0) is 49.2 Å². The molecule has 0 radical (unpaired) electrons. The van der Waals surface area contributed by atoms with Crippen LogP contribution < -0.4 is 14.8 Å². The van der Waals surface area contributed by atoms with Crippen molar-refractivity contribution >= 4 is 17.6 Å². The second kappa shape index (κ2) is 7.88. The van der Waals surface area contributed by atoms with Crippen molar-refractivity contribution in [2.24, 2.45) is 0 Å². The Balaban J connectivity index is 1.59. The van der Waals surface area contributed by atoms with Gasteiger partial charge in [0, 0.05) is 5.69 Å². The first kappa shape index (κ1) is 17.8. The van der Waals surface area contributed by atoms with Crippen LogP contribution in [-0.2, 0) is 14.3 Å². The van der Waals surface area contributed by atoms with Crippen LogP contribution in [0.15, 0.2) is 48.5 Å². The Kier molecular flexibility index (Phi) is 5.38. The highest BCUT2D eigenvalue weighted by Gasteiger charge is 2.34. The molecule has 1 amide bonds. The monoisotopic (exact) mass is 357 g/mol. The van der Waals surface area contributed by atoms with Gasteiger partial charge in [-0.1, -0.05) is 12.1 Å². The number of benzene rings is 2. The molecule has 0 spiro atoms. The van der Waals surface area contributed by atoms with Gasteiger partial charge >= 0.3 is 5.97 Å². The topological polar surface area (TPSA) is 94.1 Å². The van der Waals surface area contributed by atoms with Crippen molar-refractivity contribution in [3.8, 4) is 17.2 Å². The Bertz CT molecular complexity index is 789. The number of amides is 1. The van der Waals surface area contributed by atoms with E-state index in [-0.39, 0.29) is 5.91 Å². The summed E-state index contributed by atoms with van der Waals surface area (Å²) in [4.78, 5) is 23.0. The van der Waals surface area contributed by atoms with E-state index in [2.05, 4.69) is 5.32 Å². The zero-order valence-corrected chi connectivity index (χ0v) is 14.2. The van der Waals surface area contributed by atoms with Gasteiger partial charge in [-0.15, -0.1) is 0 Å². The van der Waals surface area contributed by atoms with E-state index >= 15 is 0 Å². The first-order valence-electron chi connectivity index (χ1n) is 8.17. The average molecular weight is 357 g/mol. The van der Waals surface area contributed by atoms with Gasteiger partial charge in [0.2, 0.25) is 0 Å². The quantitative estimate of drug-likeness (QED) is 0.825. The van der Waals surface area contributed by atoms with Gasteiger partial charge in [-0.3, -0.25) is 4.79 Å². The number of carbonyl (C=O) groups excluding carboxylic acids is 1. The molecule has 1 aliphatic heterocycles. The van der Waals surface area contributed by atoms with Crippen LogP contribution in [0.1, 0.15) is 12.8 Å². The van der Waals surface area contributed by atoms with E-state index in [1.54, 1.807) is 43.5 Å². The highest BCUT2D eigenvalue weighted by molar-refractivity contribution is 5.94. The molecule has 1 heterocycles. The van der Waals surface area contributed by atoms with E-state index < -0.39 is 18.2 Å². The van der Waals surface area contributed by atoms with Crippen LogP contribution in [0.5, 0.6) is 17.2 Å². The molecule has 2 atom stereocenters. The number of nitrogens with one attached hydrogen (secondary N) is 1. The zero-order chi connectivity index (χ0) is 18.5. The van der Waals surface area contributed by atoms with E-state index in [1.807, 2.05) is 12.1 Å². The van der Waals surface area contributed by atoms with Crippen molar-refractivity contribution in [3.05, 3.63) is 48.5 Å². The molecule has 0 unspecified atom stereocenters. The molecule has 1 saturated heterocycles. The van der Waals surface area contributed by atoms with Gasteiger partial charge in [0.25, 0.3) is 5.91 Å². The largest absolute Gasteiger partial charge is 0.493 e. The number of carboxylic acids is 1. The molecule has 3 rings (SSSR count). The Labute approximate surface area is 150 Å². The second-order valence-corrected chi connectivity index (χ2v) is 5.80. The Hall–Kier alpha value is -3.06. The molecule has 0 aliphatic carbocycles. The maximum atomic E-state index is 12.2. The van der Waals surface area contributed by atoms with Crippen molar-refractivity contribution in [2.45, 2.75) is 25.0 Å². The highest BCUT2D eigenvalue weighted by Crippen LogP contribution is 2.31. The number of rotatable bonds is 6. The van der Waals surface area contributed by atoms with Crippen molar-refractivity contribution in [3.63, 3.8) is 0 Å². The Morgan fingerprint density at radius 3 is 2.31 bits per heavy atom. The SMILES string of the molecule is COc1ccccc1Oc1ccc(NC(=O)[C@@H]2CC[C@H](C(=O)O)O2)cc1. The number of hydrogen-bond donors (Lipinski definition) is 2. The van der Waals surface area contributed by atoms with E-state index in [1.165, 1.54) is 0 Å². The third-order valence-electron chi connectivity index (χ3n) is 4.01. The third-order valence-corrected chi connectivity index (χ3v) is 4.01. The zero-order valence-electron chi connectivity index (χ0n) is 14.2. The molecular formula is C19H19NO6. The van der Waals surface area contributed by atoms with E-state index in [9.17, 15) is 9.59 Å². The van der Waals surface area contributed by atoms with Crippen molar-refractivity contribution in [2.75, 3.05) is 12.4 Å². The molecule has 2 aromatic carbocycles. The first-order chi connectivity index (χ1) is 12.6. The lowest BCUT2D eigenvalue weighted by molar-refractivity contribution is -0.150. The molecule has 7 nitrogen and oxygen atoms in total. The van der Waals surface area contributed by atoms with Gasteiger partial charge in [-0.2, -0.15) is 0 Å². The second-order valence-electron chi connectivity index (χ2n) is 5.80. The molecular weight excluding hydrogens is 338 g/mol. The molecule has 0 aromatic heterocycles. The summed E-state index contributed by atoms with van der Waals surface area (Å²) >= 11 is 0. The van der Waals surface area contributed by atoms with Crippen molar-refractivity contribution in [1.29, 1.82) is 0 Å². The lowest BCUT2D eigenvalue weighted by atomic mass is 10.2. The molecule has 2 N–H and O–H groups in total. The summed E-state index contributed by atoms with van der Waals surface area (Å²) in [5.41, 5.74) is 0.574. The average Bonchev–Trinajstić information content (AvgIpc) is 3.14. The van der Waals surface area contributed by atoms with E-state index in [4.69, 9.17) is 19.3 Å². The predicted octanol–water partition coefficient (Wildman–Crippen LogP) is 3.06.